The van der Waals surface area contributed by atoms with Gasteiger partial charge in [0.2, 0.25) is 5.91 Å². The molecule has 2 aliphatic carbocycles. The molecule has 0 bridgehead atoms. The molecular weight excluding hydrogens is 414 g/mol. The van der Waals surface area contributed by atoms with E-state index in [1.165, 1.54) is 0 Å². The smallest absolute Gasteiger partial charge is 0.222 e. The maximum Gasteiger partial charge on any atom is 0.222 e. The van der Waals surface area contributed by atoms with Crippen LogP contribution < -0.4 is 10.6 Å². The zero-order chi connectivity index (χ0) is 21.4. The number of piperazine rings is 1. The van der Waals surface area contributed by atoms with Crippen LogP contribution in [0, 0.1) is 17.8 Å². The third kappa shape index (κ3) is 4.22. The fourth-order valence-corrected chi connectivity index (χ4v) is 6.75. The zero-order valence-corrected chi connectivity index (χ0v) is 18.4. The first-order valence-corrected chi connectivity index (χ1v) is 11.9. The number of hydrogen-bond donors (Lipinski definition) is 3. The molecular formula is C21H35ClF2N4O2. The van der Waals surface area contributed by atoms with Gasteiger partial charge in [-0.05, 0) is 25.7 Å². The number of nitrogens with one attached hydrogen (secondary N) is 2. The van der Waals surface area contributed by atoms with Gasteiger partial charge in [0.05, 0.1) is 12.3 Å². The van der Waals surface area contributed by atoms with Gasteiger partial charge in [-0.15, -0.1) is 11.6 Å². The SMILES string of the molecule is CCC(=O)N1CCN(C2NCNC3C(F)C(C4C(O)CCCC4F)C(Cl)CC32)CC1. The van der Waals surface area contributed by atoms with Crippen molar-refractivity contribution in [3.63, 3.8) is 0 Å². The molecule has 2 aliphatic heterocycles. The van der Waals surface area contributed by atoms with E-state index in [-0.39, 0.29) is 18.0 Å². The third-order valence-corrected chi connectivity index (χ3v) is 8.26. The standard InChI is InChI=1S/C21H35ClF2N4O2/c1-2-16(30)27-6-8-28(9-7-27)21-12-10-13(22)17(19(24)20(12)25-11-26-21)18-14(23)4-3-5-15(18)29/h12-15,17-21,25-26,29H,2-11H2,1H3. The van der Waals surface area contributed by atoms with Crippen molar-refractivity contribution in [3.05, 3.63) is 0 Å². The Morgan fingerprint density at radius 3 is 2.53 bits per heavy atom. The van der Waals surface area contributed by atoms with Crippen LogP contribution in [0.3, 0.4) is 0 Å². The van der Waals surface area contributed by atoms with E-state index >= 15 is 4.39 Å². The summed E-state index contributed by atoms with van der Waals surface area (Å²) in [4.78, 5) is 16.1. The summed E-state index contributed by atoms with van der Waals surface area (Å²) in [5.74, 6) is -1.28. The van der Waals surface area contributed by atoms with Crippen LogP contribution in [0.15, 0.2) is 0 Å². The average Bonchev–Trinajstić information content (AvgIpc) is 2.75. The summed E-state index contributed by atoms with van der Waals surface area (Å²) in [5, 5.41) is 16.6. The molecule has 3 N–H and O–H groups in total. The van der Waals surface area contributed by atoms with Gasteiger partial charge in [-0.3, -0.25) is 20.3 Å². The van der Waals surface area contributed by atoms with Crippen LogP contribution in [0.4, 0.5) is 8.78 Å². The number of fused-ring (bicyclic) bond motifs is 1. The lowest BCUT2D eigenvalue weighted by molar-refractivity contribution is -0.134. The summed E-state index contributed by atoms with van der Waals surface area (Å²) >= 11 is 6.70. The molecule has 0 aromatic rings. The Kier molecular flexibility index (Phi) is 7.19. The molecule has 2 saturated carbocycles. The molecule has 6 nitrogen and oxygen atoms in total. The molecule has 4 aliphatic rings. The highest BCUT2D eigenvalue weighted by Gasteiger charge is 2.55. The van der Waals surface area contributed by atoms with Gasteiger partial charge >= 0.3 is 0 Å². The lowest BCUT2D eigenvalue weighted by Gasteiger charge is -2.54. The van der Waals surface area contributed by atoms with E-state index in [2.05, 4.69) is 15.5 Å². The first-order valence-electron chi connectivity index (χ1n) is 11.5. The quantitative estimate of drug-likeness (QED) is 0.570. The normalized spacial score (nSPS) is 45.8. The summed E-state index contributed by atoms with van der Waals surface area (Å²) in [6.45, 7) is 5.20. The molecule has 0 aromatic heterocycles. The van der Waals surface area contributed by atoms with Crippen LogP contribution in [-0.2, 0) is 4.79 Å². The second-order valence-corrected chi connectivity index (χ2v) is 9.92. The zero-order valence-electron chi connectivity index (χ0n) is 17.7. The second-order valence-electron chi connectivity index (χ2n) is 9.35. The molecule has 0 spiro atoms. The molecule has 172 valence electrons. The predicted molar refractivity (Wildman–Crippen MR) is 112 cm³/mol. The van der Waals surface area contributed by atoms with Crippen molar-refractivity contribution < 1.29 is 18.7 Å². The molecule has 2 heterocycles. The molecule has 4 fully saturated rings. The number of carbonyl (C=O) groups is 1. The first kappa shape index (κ1) is 22.6. The molecule has 9 atom stereocenters. The van der Waals surface area contributed by atoms with Crippen LogP contribution >= 0.6 is 11.6 Å². The Labute approximate surface area is 182 Å². The first-order chi connectivity index (χ1) is 14.4. The van der Waals surface area contributed by atoms with Gasteiger partial charge in [0.15, 0.2) is 0 Å². The molecule has 4 rings (SSSR count). The van der Waals surface area contributed by atoms with Gasteiger partial charge in [0, 0.05) is 68.4 Å². The van der Waals surface area contributed by atoms with Gasteiger partial charge in [0.25, 0.3) is 0 Å². The highest BCUT2D eigenvalue weighted by atomic mass is 35.5. The average molecular weight is 449 g/mol. The number of aliphatic hydroxyl groups excluding tert-OH is 1. The van der Waals surface area contributed by atoms with Gasteiger partial charge in [-0.25, -0.2) is 8.78 Å². The maximum atomic E-state index is 15.8. The predicted octanol–water partition coefficient (Wildman–Crippen LogP) is 1.47. The van der Waals surface area contributed by atoms with Gasteiger partial charge in [0.1, 0.15) is 12.3 Å². The molecule has 2 saturated heterocycles. The van der Waals surface area contributed by atoms with Crippen LogP contribution in [0.5, 0.6) is 0 Å². The minimum absolute atomic E-state index is 0.0203. The molecule has 1 amide bonds. The second kappa shape index (κ2) is 9.53. The Morgan fingerprint density at radius 2 is 1.87 bits per heavy atom. The number of amides is 1. The van der Waals surface area contributed by atoms with Crippen LogP contribution in [-0.4, -0.2) is 89.7 Å². The summed E-state index contributed by atoms with van der Waals surface area (Å²) in [5.41, 5.74) is 0. The van der Waals surface area contributed by atoms with E-state index in [1.54, 1.807) is 0 Å². The maximum absolute atomic E-state index is 15.8. The van der Waals surface area contributed by atoms with Crippen LogP contribution in [0.1, 0.15) is 39.0 Å². The number of nitrogens with zero attached hydrogens (tertiary/aromatic N) is 2. The van der Waals surface area contributed by atoms with E-state index in [1.807, 2.05) is 11.8 Å². The van der Waals surface area contributed by atoms with Gasteiger partial charge < -0.3 is 10.0 Å². The summed E-state index contributed by atoms with van der Waals surface area (Å²) in [7, 11) is 0. The number of rotatable bonds is 3. The Bertz CT molecular complexity index is 600. The summed E-state index contributed by atoms with van der Waals surface area (Å²) in [6.07, 6.45) is -0.719. The lowest BCUT2D eigenvalue weighted by Crippen LogP contribution is -2.71. The van der Waals surface area contributed by atoms with E-state index in [9.17, 15) is 14.3 Å². The molecule has 9 unspecified atom stereocenters. The highest BCUT2D eigenvalue weighted by molar-refractivity contribution is 6.21. The number of aliphatic hydroxyl groups is 1. The Balaban J connectivity index is 1.45. The molecule has 0 radical (unpaired) electrons. The summed E-state index contributed by atoms with van der Waals surface area (Å²) in [6, 6.07) is -0.409. The van der Waals surface area contributed by atoms with Gasteiger partial charge in [-0.2, -0.15) is 0 Å². The van der Waals surface area contributed by atoms with E-state index in [0.717, 1.165) is 13.1 Å². The third-order valence-electron chi connectivity index (χ3n) is 7.79. The van der Waals surface area contributed by atoms with Crippen molar-refractivity contribution in [1.82, 2.24) is 20.4 Å². The highest BCUT2D eigenvalue weighted by Crippen LogP contribution is 2.46. The minimum atomic E-state index is -1.30. The van der Waals surface area contributed by atoms with E-state index in [0.29, 0.717) is 51.9 Å². The largest absolute Gasteiger partial charge is 0.393 e. The van der Waals surface area contributed by atoms with Gasteiger partial charge in [-0.1, -0.05) is 6.92 Å². The minimum Gasteiger partial charge on any atom is -0.393 e. The van der Waals surface area contributed by atoms with E-state index < -0.39 is 41.7 Å². The van der Waals surface area contributed by atoms with Crippen molar-refractivity contribution in [3.8, 4) is 0 Å². The van der Waals surface area contributed by atoms with Crippen molar-refractivity contribution in [2.75, 3.05) is 32.8 Å². The molecule has 0 aromatic carbocycles. The van der Waals surface area contributed by atoms with Crippen molar-refractivity contribution in [2.45, 2.75) is 75.1 Å². The van der Waals surface area contributed by atoms with Crippen molar-refractivity contribution in [2.24, 2.45) is 17.8 Å². The number of hydrogen-bond acceptors (Lipinski definition) is 5. The Hall–Kier alpha value is -0.540. The number of carbonyl (C=O) groups excluding carboxylic acids is 1. The fraction of sp³-hybridized carbons (Fsp3) is 0.952. The topological polar surface area (TPSA) is 67.8 Å². The van der Waals surface area contributed by atoms with E-state index in [4.69, 9.17) is 11.6 Å². The number of halogens is 3. The Morgan fingerprint density at radius 1 is 1.13 bits per heavy atom. The van der Waals surface area contributed by atoms with Crippen LogP contribution in [0.2, 0.25) is 0 Å². The summed E-state index contributed by atoms with van der Waals surface area (Å²) < 4.78 is 30.5. The number of alkyl halides is 3. The van der Waals surface area contributed by atoms with Crippen molar-refractivity contribution >= 4 is 17.5 Å². The van der Waals surface area contributed by atoms with Crippen LogP contribution in [0.25, 0.3) is 0 Å². The fourth-order valence-electron chi connectivity index (χ4n) is 6.23. The molecule has 30 heavy (non-hydrogen) atoms. The lowest BCUT2D eigenvalue weighted by atomic mass is 9.65. The van der Waals surface area contributed by atoms with Crippen molar-refractivity contribution in [1.29, 1.82) is 0 Å². The molecule has 9 heteroatoms. The monoisotopic (exact) mass is 448 g/mol.